The molecule has 0 saturated carbocycles. The van der Waals surface area contributed by atoms with Crippen molar-refractivity contribution in [3.05, 3.63) is 35.4 Å². The fourth-order valence-electron chi connectivity index (χ4n) is 6.28. The van der Waals surface area contributed by atoms with Gasteiger partial charge in [0.25, 0.3) is 0 Å². The molecule has 5 rings (SSSR count). The average molecular weight is 386 g/mol. The Morgan fingerprint density at radius 1 is 1.29 bits per heavy atom. The van der Waals surface area contributed by atoms with Crippen LogP contribution in [-0.4, -0.2) is 52.7 Å². The van der Waals surface area contributed by atoms with Gasteiger partial charge in [-0.1, -0.05) is 31.9 Å². The summed E-state index contributed by atoms with van der Waals surface area (Å²) in [7, 11) is 2.18. The zero-order chi connectivity index (χ0) is 19.7. The van der Waals surface area contributed by atoms with E-state index >= 15 is 0 Å². The van der Waals surface area contributed by atoms with E-state index in [1.165, 1.54) is 5.56 Å². The zero-order valence-electron chi connectivity index (χ0n) is 17.1. The first-order valence-electron chi connectivity index (χ1n) is 10.7. The Kier molecular flexibility index (Phi) is 3.94. The van der Waals surface area contributed by atoms with Crippen LogP contribution in [0, 0.1) is 5.92 Å². The SMILES string of the molecule is CCCCCOc1ccc2c3c1O[C@@]1(C)C(O)(O)C=C[C@H]4[C@@H](C2)N(C)CC[C@@]341. The van der Waals surface area contributed by atoms with Crippen LogP contribution in [0.5, 0.6) is 11.5 Å². The third-order valence-electron chi connectivity index (χ3n) is 7.89. The number of likely N-dealkylation sites (tertiary alicyclic amines) is 1. The largest absolute Gasteiger partial charge is 0.490 e. The number of nitrogens with zero attached hydrogens (tertiary/aromatic N) is 1. The molecule has 2 N–H and O–H groups in total. The molecule has 0 radical (unpaired) electrons. The van der Waals surface area contributed by atoms with Crippen molar-refractivity contribution in [2.75, 3.05) is 20.2 Å². The Labute approximate surface area is 166 Å². The quantitative estimate of drug-likeness (QED) is 0.464. The Morgan fingerprint density at radius 2 is 2.11 bits per heavy atom. The average Bonchev–Trinajstić information content (AvgIpc) is 2.94. The van der Waals surface area contributed by atoms with Crippen LogP contribution in [0.25, 0.3) is 0 Å². The van der Waals surface area contributed by atoms with Crippen LogP contribution in [0.4, 0.5) is 0 Å². The molecule has 0 unspecified atom stereocenters. The molecule has 2 aliphatic heterocycles. The van der Waals surface area contributed by atoms with E-state index in [2.05, 4.69) is 24.9 Å². The second-order valence-corrected chi connectivity index (χ2v) is 9.20. The maximum atomic E-state index is 11.0. The fraction of sp³-hybridized carbons (Fsp3) is 0.652. The molecule has 2 aliphatic carbocycles. The van der Waals surface area contributed by atoms with E-state index in [4.69, 9.17) is 9.47 Å². The zero-order valence-corrected chi connectivity index (χ0v) is 17.1. The summed E-state index contributed by atoms with van der Waals surface area (Å²) in [5.41, 5.74) is 0.862. The summed E-state index contributed by atoms with van der Waals surface area (Å²) in [5.74, 6) is -0.336. The molecule has 4 aliphatic rings. The van der Waals surface area contributed by atoms with Gasteiger partial charge < -0.3 is 24.6 Å². The summed E-state index contributed by atoms with van der Waals surface area (Å²) >= 11 is 0. The lowest BCUT2D eigenvalue weighted by molar-refractivity contribution is -0.261. The first-order chi connectivity index (χ1) is 13.4. The summed E-state index contributed by atoms with van der Waals surface area (Å²) < 4.78 is 12.6. The number of likely N-dealkylation sites (N-methyl/N-ethyl adjacent to an activating group) is 1. The molecule has 1 spiro atoms. The van der Waals surface area contributed by atoms with Crippen LogP contribution < -0.4 is 9.47 Å². The minimum atomic E-state index is -2.02. The predicted molar refractivity (Wildman–Crippen MR) is 107 cm³/mol. The van der Waals surface area contributed by atoms with E-state index in [-0.39, 0.29) is 5.92 Å². The second kappa shape index (κ2) is 5.97. The third kappa shape index (κ3) is 2.08. The molecule has 5 heteroatoms. The van der Waals surface area contributed by atoms with Crippen molar-refractivity contribution in [2.24, 2.45) is 5.92 Å². The molecular formula is C23H31NO4. The van der Waals surface area contributed by atoms with Crippen molar-refractivity contribution >= 4 is 0 Å². The number of piperidine rings is 1. The van der Waals surface area contributed by atoms with Crippen LogP contribution in [0.2, 0.25) is 0 Å². The van der Waals surface area contributed by atoms with Crippen molar-refractivity contribution in [3.8, 4) is 11.5 Å². The monoisotopic (exact) mass is 385 g/mol. The second-order valence-electron chi connectivity index (χ2n) is 9.20. The molecule has 1 aromatic carbocycles. The van der Waals surface area contributed by atoms with E-state index in [1.54, 1.807) is 6.08 Å². The third-order valence-corrected chi connectivity index (χ3v) is 7.89. The van der Waals surface area contributed by atoms with Crippen molar-refractivity contribution in [3.63, 3.8) is 0 Å². The molecule has 28 heavy (non-hydrogen) atoms. The van der Waals surface area contributed by atoms with Gasteiger partial charge in [0.2, 0.25) is 5.79 Å². The van der Waals surface area contributed by atoms with E-state index in [9.17, 15) is 10.2 Å². The van der Waals surface area contributed by atoms with Gasteiger partial charge in [-0.05, 0) is 57.5 Å². The number of unbranched alkanes of at least 4 members (excludes halogenated alkanes) is 2. The van der Waals surface area contributed by atoms with Crippen molar-refractivity contribution in [1.82, 2.24) is 4.90 Å². The highest BCUT2D eigenvalue weighted by atomic mass is 16.6. The molecule has 2 bridgehead atoms. The number of benzene rings is 1. The summed E-state index contributed by atoms with van der Waals surface area (Å²) in [6, 6.07) is 4.53. The molecule has 4 atom stereocenters. The first-order valence-corrected chi connectivity index (χ1v) is 10.7. The van der Waals surface area contributed by atoms with Crippen LogP contribution in [-0.2, 0) is 11.8 Å². The summed E-state index contributed by atoms with van der Waals surface area (Å²) in [6.45, 7) is 5.63. The molecule has 0 aromatic heterocycles. The molecule has 5 nitrogen and oxygen atoms in total. The van der Waals surface area contributed by atoms with Gasteiger partial charge >= 0.3 is 0 Å². The van der Waals surface area contributed by atoms with Gasteiger partial charge in [-0.2, -0.15) is 0 Å². The van der Waals surface area contributed by atoms with Crippen molar-refractivity contribution < 1.29 is 19.7 Å². The Morgan fingerprint density at radius 3 is 2.89 bits per heavy atom. The lowest BCUT2D eigenvalue weighted by Gasteiger charge is -2.61. The van der Waals surface area contributed by atoms with Crippen LogP contribution >= 0.6 is 0 Å². The van der Waals surface area contributed by atoms with Crippen molar-refractivity contribution in [1.29, 1.82) is 0 Å². The molecule has 0 amide bonds. The number of rotatable bonds is 5. The van der Waals surface area contributed by atoms with Gasteiger partial charge in [-0.25, -0.2) is 0 Å². The summed E-state index contributed by atoms with van der Waals surface area (Å²) in [5, 5.41) is 22.0. The number of hydrogen-bond donors (Lipinski definition) is 2. The van der Waals surface area contributed by atoms with Gasteiger partial charge in [0.15, 0.2) is 17.1 Å². The number of hydrogen-bond acceptors (Lipinski definition) is 5. The molecule has 2 heterocycles. The van der Waals surface area contributed by atoms with E-state index in [1.807, 2.05) is 19.1 Å². The minimum absolute atomic E-state index is 0.202. The van der Waals surface area contributed by atoms with Crippen LogP contribution in [0.1, 0.15) is 50.7 Å². The molecule has 152 valence electrons. The fourth-order valence-corrected chi connectivity index (χ4v) is 6.28. The van der Waals surface area contributed by atoms with Crippen molar-refractivity contribution in [2.45, 2.75) is 68.8 Å². The minimum Gasteiger partial charge on any atom is -0.490 e. The highest BCUT2D eigenvalue weighted by molar-refractivity contribution is 5.64. The Hall–Kier alpha value is -1.56. The smallest absolute Gasteiger partial charge is 0.224 e. The van der Waals surface area contributed by atoms with E-state index in [0.717, 1.165) is 55.7 Å². The van der Waals surface area contributed by atoms with E-state index < -0.39 is 16.8 Å². The summed E-state index contributed by atoms with van der Waals surface area (Å²) in [4.78, 5) is 2.42. The normalized spacial score (nSPS) is 36.8. The first kappa shape index (κ1) is 18.5. The standard InChI is InChI=1S/C23H31NO4/c1-4-5-6-13-27-18-8-7-15-14-17-16-9-10-23(25,26)21(2)22(16,11-12-24(17)3)19(15)20(18)28-21/h7-10,16-17,25-26H,4-6,11-14H2,1-3H3/t16-,17+,21+,22-/m0/s1. The Bertz CT molecular complexity index is 834. The van der Waals surface area contributed by atoms with Gasteiger partial charge in [0.05, 0.1) is 12.0 Å². The predicted octanol–water partition coefficient (Wildman–Crippen LogP) is 2.77. The highest BCUT2D eigenvalue weighted by Gasteiger charge is 2.74. The van der Waals surface area contributed by atoms with Crippen LogP contribution in [0.3, 0.4) is 0 Å². The van der Waals surface area contributed by atoms with Gasteiger partial charge in [0.1, 0.15) is 0 Å². The number of aliphatic hydroxyl groups is 2. The van der Waals surface area contributed by atoms with Crippen LogP contribution in [0.15, 0.2) is 24.3 Å². The lowest BCUT2D eigenvalue weighted by Crippen LogP contribution is -2.74. The topological polar surface area (TPSA) is 62.2 Å². The van der Waals surface area contributed by atoms with Gasteiger partial charge in [-0.15, -0.1) is 0 Å². The summed E-state index contributed by atoms with van der Waals surface area (Å²) in [6.07, 6.45) is 8.66. The maximum Gasteiger partial charge on any atom is 0.224 e. The highest BCUT2D eigenvalue weighted by Crippen LogP contribution is 2.67. The molecule has 1 saturated heterocycles. The molecule has 1 aromatic rings. The van der Waals surface area contributed by atoms with E-state index in [0.29, 0.717) is 12.6 Å². The lowest BCUT2D eigenvalue weighted by atomic mass is 9.48. The molecule has 1 fully saturated rings. The number of ether oxygens (including phenoxy) is 2. The molecular weight excluding hydrogens is 354 g/mol. The van der Waals surface area contributed by atoms with Gasteiger partial charge in [0, 0.05) is 17.5 Å². The Balaban J connectivity index is 1.66. The van der Waals surface area contributed by atoms with Gasteiger partial charge in [-0.3, -0.25) is 0 Å². The maximum absolute atomic E-state index is 11.0.